The molecule has 3 rings (SSSR count). The lowest BCUT2D eigenvalue weighted by atomic mass is 10.1. The van der Waals surface area contributed by atoms with Gasteiger partial charge in [-0.15, -0.1) is 0 Å². The number of aryl methyl sites for hydroxylation is 1. The molecule has 0 aliphatic rings. The molecule has 27 heavy (non-hydrogen) atoms. The van der Waals surface area contributed by atoms with Gasteiger partial charge < -0.3 is 10.2 Å². The number of hydrogen-bond acceptors (Lipinski definition) is 4. The van der Waals surface area contributed by atoms with Gasteiger partial charge >= 0.3 is 0 Å². The van der Waals surface area contributed by atoms with E-state index in [9.17, 15) is 4.79 Å². The molecule has 0 fully saturated rings. The van der Waals surface area contributed by atoms with Crippen molar-refractivity contribution < 1.29 is 4.79 Å². The van der Waals surface area contributed by atoms with Gasteiger partial charge in [0.05, 0.1) is 17.4 Å². The maximum absolute atomic E-state index is 12.7. The van der Waals surface area contributed by atoms with E-state index in [1.807, 2.05) is 49.5 Å². The van der Waals surface area contributed by atoms with Crippen LogP contribution in [0.5, 0.6) is 0 Å². The molecule has 2 aromatic heterocycles. The summed E-state index contributed by atoms with van der Waals surface area (Å²) in [5, 5.41) is 3.00. The molecule has 3 aromatic rings. The van der Waals surface area contributed by atoms with Crippen molar-refractivity contribution in [2.24, 2.45) is 0 Å². The highest BCUT2D eigenvalue weighted by Crippen LogP contribution is 2.18. The molecule has 138 valence electrons. The molecule has 0 radical (unpaired) electrons. The summed E-state index contributed by atoms with van der Waals surface area (Å²) in [5.74, 6) is -0.146. The van der Waals surface area contributed by atoms with Crippen molar-refractivity contribution in [1.82, 2.24) is 9.97 Å². The SMILES string of the molecule is CCc1ccccc1NC(=O)c1cncc(N(C)CCc2ccncc2)c1. The minimum atomic E-state index is -0.146. The smallest absolute Gasteiger partial charge is 0.257 e. The van der Waals surface area contributed by atoms with E-state index in [0.717, 1.165) is 36.3 Å². The van der Waals surface area contributed by atoms with Gasteiger partial charge in [-0.25, -0.2) is 0 Å². The summed E-state index contributed by atoms with van der Waals surface area (Å²) >= 11 is 0. The molecule has 0 aliphatic carbocycles. The summed E-state index contributed by atoms with van der Waals surface area (Å²) in [6.07, 6.45) is 8.76. The fourth-order valence-electron chi connectivity index (χ4n) is 2.88. The normalized spacial score (nSPS) is 10.4. The fourth-order valence-corrected chi connectivity index (χ4v) is 2.88. The van der Waals surface area contributed by atoms with Crippen molar-refractivity contribution in [2.75, 3.05) is 23.8 Å². The molecule has 0 atom stereocenters. The highest BCUT2D eigenvalue weighted by Gasteiger charge is 2.11. The molecule has 0 saturated carbocycles. The predicted molar refractivity (Wildman–Crippen MR) is 109 cm³/mol. The Hall–Kier alpha value is -3.21. The van der Waals surface area contributed by atoms with Crippen molar-refractivity contribution in [1.29, 1.82) is 0 Å². The number of rotatable bonds is 7. The number of aromatic nitrogens is 2. The second-order valence-corrected chi connectivity index (χ2v) is 6.42. The number of amides is 1. The van der Waals surface area contributed by atoms with Crippen LogP contribution >= 0.6 is 0 Å². The van der Waals surface area contributed by atoms with Crippen LogP contribution in [0.3, 0.4) is 0 Å². The van der Waals surface area contributed by atoms with Crippen LogP contribution in [-0.2, 0) is 12.8 Å². The minimum absolute atomic E-state index is 0.146. The van der Waals surface area contributed by atoms with Crippen LogP contribution in [0.2, 0.25) is 0 Å². The second kappa shape index (κ2) is 8.94. The Kier molecular flexibility index (Phi) is 6.15. The van der Waals surface area contributed by atoms with Crippen LogP contribution in [-0.4, -0.2) is 29.5 Å². The maximum atomic E-state index is 12.7. The zero-order chi connectivity index (χ0) is 19.1. The topological polar surface area (TPSA) is 58.1 Å². The predicted octanol–water partition coefficient (Wildman–Crippen LogP) is 3.97. The average Bonchev–Trinajstić information content (AvgIpc) is 2.73. The molecule has 1 amide bonds. The lowest BCUT2D eigenvalue weighted by molar-refractivity contribution is 0.102. The first-order valence-electron chi connectivity index (χ1n) is 9.11. The third kappa shape index (κ3) is 4.91. The van der Waals surface area contributed by atoms with Crippen LogP contribution in [0.4, 0.5) is 11.4 Å². The standard InChI is InChI=1S/C22H24N4O/c1-3-18-6-4-5-7-21(18)25-22(27)19-14-20(16-24-15-19)26(2)13-10-17-8-11-23-12-9-17/h4-9,11-12,14-16H,3,10,13H2,1-2H3,(H,25,27). The zero-order valence-corrected chi connectivity index (χ0v) is 15.7. The first kappa shape index (κ1) is 18.6. The highest BCUT2D eigenvalue weighted by atomic mass is 16.1. The molecule has 0 spiro atoms. The summed E-state index contributed by atoms with van der Waals surface area (Å²) in [5.41, 5.74) is 4.66. The van der Waals surface area contributed by atoms with E-state index in [1.54, 1.807) is 24.8 Å². The summed E-state index contributed by atoms with van der Waals surface area (Å²) in [4.78, 5) is 23.1. The third-order valence-electron chi connectivity index (χ3n) is 4.56. The van der Waals surface area contributed by atoms with Gasteiger partial charge in [-0.2, -0.15) is 0 Å². The van der Waals surface area contributed by atoms with Crippen LogP contribution in [0.25, 0.3) is 0 Å². The second-order valence-electron chi connectivity index (χ2n) is 6.42. The van der Waals surface area contributed by atoms with Crippen molar-refractivity contribution in [3.63, 3.8) is 0 Å². The van der Waals surface area contributed by atoms with E-state index >= 15 is 0 Å². The van der Waals surface area contributed by atoms with Crippen LogP contribution < -0.4 is 10.2 Å². The molecule has 2 heterocycles. The Bertz CT molecular complexity index is 896. The number of likely N-dealkylation sites (N-methyl/N-ethyl adjacent to an activating group) is 1. The Morgan fingerprint density at radius 2 is 1.85 bits per heavy atom. The number of pyridine rings is 2. The summed E-state index contributed by atoms with van der Waals surface area (Å²) in [7, 11) is 2.01. The molecule has 1 N–H and O–H groups in total. The van der Waals surface area contributed by atoms with Gasteiger partial charge in [0.2, 0.25) is 0 Å². The van der Waals surface area contributed by atoms with E-state index < -0.39 is 0 Å². The molecule has 5 heteroatoms. The van der Waals surface area contributed by atoms with Crippen molar-refractivity contribution in [3.05, 3.63) is 83.9 Å². The maximum Gasteiger partial charge on any atom is 0.257 e. The molecule has 0 saturated heterocycles. The molecule has 0 bridgehead atoms. The van der Waals surface area contributed by atoms with Gasteiger partial charge in [-0.1, -0.05) is 25.1 Å². The van der Waals surface area contributed by atoms with E-state index in [1.165, 1.54) is 5.56 Å². The Labute approximate surface area is 160 Å². The lowest BCUT2D eigenvalue weighted by Crippen LogP contribution is -2.21. The number of hydrogen-bond donors (Lipinski definition) is 1. The third-order valence-corrected chi connectivity index (χ3v) is 4.56. The Morgan fingerprint density at radius 3 is 2.63 bits per heavy atom. The number of carbonyl (C=O) groups is 1. The van der Waals surface area contributed by atoms with Crippen LogP contribution in [0.15, 0.2) is 67.3 Å². The van der Waals surface area contributed by atoms with E-state index in [-0.39, 0.29) is 5.91 Å². The Balaban J connectivity index is 1.68. The quantitative estimate of drug-likeness (QED) is 0.693. The average molecular weight is 360 g/mol. The largest absolute Gasteiger partial charge is 0.373 e. The molecular formula is C22H24N4O. The summed E-state index contributed by atoms with van der Waals surface area (Å²) < 4.78 is 0. The Morgan fingerprint density at radius 1 is 1.07 bits per heavy atom. The number of nitrogens with zero attached hydrogens (tertiary/aromatic N) is 3. The van der Waals surface area contributed by atoms with Crippen molar-refractivity contribution in [2.45, 2.75) is 19.8 Å². The van der Waals surface area contributed by atoms with Gasteiger partial charge in [0.1, 0.15) is 0 Å². The molecule has 5 nitrogen and oxygen atoms in total. The number of anilines is 2. The van der Waals surface area contributed by atoms with Gasteiger partial charge in [-0.05, 0) is 48.2 Å². The monoisotopic (exact) mass is 360 g/mol. The molecule has 0 aliphatic heterocycles. The summed E-state index contributed by atoms with van der Waals surface area (Å²) in [6.45, 7) is 2.90. The molecule has 0 unspecified atom stereocenters. The van der Waals surface area contributed by atoms with E-state index in [0.29, 0.717) is 5.56 Å². The number of nitrogens with one attached hydrogen (secondary N) is 1. The number of benzene rings is 1. The van der Waals surface area contributed by atoms with Gasteiger partial charge in [-0.3, -0.25) is 14.8 Å². The van der Waals surface area contributed by atoms with Crippen molar-refractivity contribution in [3.8, 4) is 0 Å². The lowest BCUT2D eigenvalue weighted by Gasteiger charge is -2.19. The minimum Gasteiger partial charge on any atom is -0.373 e. The fraction of sp³-hybridized carbons (Fsp3) is 0.227. The van der Waals surface area contributed by atoms with Gasteiger partial charge in [0.15, 0.2) is 0 Å². The molecular weight excluding hydrogens is 336 g/mol. The van der Waals surface area contributed by atoms with E-state index in [2.05, 4.69) is 27.1 Å². The van der Waals surface area contributed by atoms with Gasteiger partial charge in [0, 0.05) is 37.9 Å². The van der Waals surface area contributed by atoms with Crippen molar-refractivity contribution >= 4 is 17.3 Å². The molecule has 1 aromatic carbocycles. The van der Waals surface area contributed by atoms with Gasteiger partial charge in [0.25, 0.3) is 5.91 Å². The first-order valence-corrected chi connectivity index (χ1v) is 9.11. The number of para-hydroxylation sites is 1. The van der Waals surface area contributed by atoms with Crippen LogP contribution in [0, 0.1) is 0 Å². The number of carbonyl (C=O) groups excluding carboxylic acids is 1. The van der Waals surface area contributed by atoms with Crippen LogP contribution in [0.1, 0.15) is 28.4 Å². The zero-order valence-electron chi connectivity index (χ0n) is 15.7. The highest BCUT2D eigenvalue weighted by molar-refractivity contribution is 6.04. The first-order chi connectivity index (χ1) is 13.2. The summed E-state index contributed by atoms with van der Waals surface area (Å²) in [6, 6.07) is 13.8. The van der Waals surface area contributed by atoms with E-state index in [4.69, 9.17) is 0 Å².